The number of pyridine rings is 1. The largest absolute Gasteiger partial charge is 0.430 e. The summed E-state index contributed by atoms with van der Waals surface area (Å²) in [6.45, 7) is 0. The van der Waals surface area contributed by atoms with Crippen molar-refractivity contribution < 1.29 is 39.9 Å². The molecule has 0 atom stereocenters. The fourth-order valence-corrected chi connectivity index (χ4v) is 4.09. The lowest BCUT2D eigenvalue weighted by Gasteiger charge is -2.32. The zero-order valence-electron chi connectivity index (χ0n) is 15.3. The second-order valence-electron chi connectivity index (χ2n) is 6.48. The molecule has 2 aromatic carbocycles. The van der Waals surface area contributed by atoms with Crippen LogP contribution in [0.3, 0.4) is 0 Å². The molecule has 0 aliphatic rings. The Morgan fingerprint density at radius 2 is 1.23 bits per heavy atom. The summed E-state index contributed by atoms with van der Waals surface area (Å²) in [5, 5.41) is 9.39. The van der Waals surface area contributed by atoms with Gasteiger partial charge in [0.05, 0.1) is 15.5 Å². The van der Waals surface area contributed by atoms with Crippen LogP contribution in [-0.4, -0.2) is 30.9 Å². The van der Waals surface area contributed by atoms with E-state index in [1.54, 1.807) is 18.2 Å². The van der Waals surface area contributed by atoms with Crippen LogP contribution >= 0.6 is 0 Å². The molecular weight excluding hydrogens is 448 g/mol. The average molecular weight is 461 g/mol. The quantitative estimate of drug-likeness (QED) is 0.562. The van der Waals surface area contributed by atoms with E-state index in [9.17, 15) is 39.9 Å². The van der Waals surface area contributed by atoms with Gasteiger partial charge in [0.15, 0.2) is 0 Å². The van der Waals surface area contributed by atoms with Gasteiger partial charge in [-0.3, -0.25) is 4.98 Å². The summed E-state index contributed by atoms with van der Waals surface area (Å²) >= 11 is 0. The minimum absolute atomic E-state index is 0.0147. The van der Waals surface area contributed by atoms with E-state index < -0.39 is 33.4 Å². The summed E-state index contributed by atoms with van der Waals surface area (Å²) in [6.07, 6.45) is -11.7. The average Bonchev–Trinajstić information content (AvgIpc) is 2.72. The molecule has 0 saturated carbocycles. The lowest BCUT2D eigenvalue weighted by Crippen LogP contribution is -2.53. The highest BCUT2D eigenvalue weighted by Gasteiger charge is 2.71. The topological polar surface area (TPSA) is 67.3 Å². The van der Waals surface area contributed by atoms with Gasteiger partial charge >= 0.3 is 12.4 Å². The highest BCUT2D eigenvalue weighted by molar-refractivity contribution is 7.91. The normalized spacial score (nSPS) is 13.3. The van der Waals surface area contributed by atoms with E-state index in [0.717, 1.165) is 6.07 Å². The fraction of sp³-hybridized carbons (Fsp3) is 0.150. The van der Waals surface area contributed by atoms with Gasteiger partial charge in [0, 0.05) is 17.3 Å². The lowest BCUT2D eigenvalue weighted by molar-refractivity contribution is -0.376. The van der Waals surface area contributed by atoms with Gasteiger partial charge in [-0.05, 0) is 30.3 Å². The van der Waals surface area contributed by atoms with Crippen LogP contribution in [0, 0.1) is 0 Å². The van der Waals surface area contributed by atoms with Gasteiger partial charge in [0.2, 0.25) is 9.84 Å². The molecule has 3 aromatic rings. The van der Waals surface area contributed by atoms with E-state index in [0.29, 0.717) is 6.07 Å². The molecule has 0 saturated heterocycles. The number of aliphatic hydroxyl groups is 1. The predicted molar refractivity (Wildman–Crippen MR) is 97.6 cm³/mol. The number of alkyl halides is 6. The van der Waals surface area contributed by atoms with E-state index in [-0.39, 0.29) is 27.2 Å². The second-order valence-corrected chi connectivity index (χ2v) is 8.43. The van der Waals surface area contributed by atoms with Crippen molar-refractivity contribution in [2.24, 2.45) is 0 Å². The molecule has 31 heavy (non-hydrogen) atoms. The molecule has 0 bridgehead atoms. The molecule has 1 aromatic heterocycles. The molecule has 0 spiro atoms. The van der Waals surface area contributed by atoms with Crippen molar-refractivity contribution in [2.45, 2.75) is 27.7 Å². The Morgan fingerprint density at radius 3 is 1.68 bits per heavy atom. The first-order valence-corrected chi connectivity index (χ1v) is 10.00. The summed E-state index contributed by atoms with van der Waals surface area (Å²) in [4.78, 5) is 3.59. The van der Waals surface area contributed by atoms with Gasteiger partial charge in [-0.15, -0.1) is 0 Å². The Labute approximate surface area is 172 Å². The monoisotopic (exact) mass is 461 g/mol. The van der Waals surface area contributed by atoms with Crippen LogP contribution in [0.2, 0.25) is 0 Å². The zero-order chi connectivity index (χ0) is 23.1. The van der Waals surface area contributed by atoms with Gasteiger partial charge < -0.3 is 5.11 Å². The van der Waals surface area contributed by atoms with E-state index in [1.807, 2.05) is 0 Å². The minimum atomic E-state index is -6.01. The van der Waals surface area contributed by atoms with Crippen molar-refractivity contribution in [3.05, 3.63) is 78.5 Å². The maximum absolute atomic E-state index is 13.0. The van der Waals surface area contributed by atoms with E-state index >= 15 is 0 Å². The first-order valence-electron chi connectivity index (χ1n) is 8.51. The van der Waals surface area contributed by atoms with Crippen LogP contribution in [0.25, 0.3) is 11.3 Å². The number of hydrogen-bond acceptors (Lipinski definition) is 4. The number of halogens is 6. The fourth-order valence-electron chi connectivity index (χ4n) is 2.81. The van der Waals surface area contributed by atoms with Crippen LogP contribution < -0.4 is 0 Å². The van der Waals surface area contributed by atoms with Crippen molar-refractivity contribution in [1.82, 2.24) is 4.98 Å². The third-order valence-corrected chi connectivity index (χ3v) is 6.30. The predicted octanol–water partition coefficient (Wildman–Crippen LogP) is 4.89. The molecule has 164 valence electrons. The number of sulfone groups is 1. The van der Waals surface area contributed by atoms with Gasteiger partial charge in [0.25, 0.3) is 5.60 Å². The highest BCUT2D eigenvalue weighted by Crippen LogP contribution is 2.49. The number of rotatable bonds is 4. The van der Waals surface area contributed by atoms with Crippen molar-refractivity contribution in [1.29, 1.82) is 0 Å². The molecule has 3 rings (SSSR count). The molecule has 1 heterocycles. The molecule has 0 unspecified atom stereocenters. The van der Waals surface area contributed by atoms with Gasteiger partial charge in [-0.2, -0.15) is 26.3 Å². The Balaban J connectivity index is 1.94. The summed E-state index contributed by atoms with van der Waals surface area (Å²) < 4.78 is 103. The van der Waals surface area contributed by atoms with Crippen LogP contribution in [0.5, 0.6) is 0 Å². The molecule has 0 radical (unpaired) electrons. The molecule has 1 N–H and O–H groups in total. The SMILES string of the molecule is O=S(=O)(c1ccccc1)c1ccc(-c2ccc(C(O)(C(F)(F)F)C(F)(F)F)cn2)cc1. The van der Waals surface area contributed by atoms with Crippen molar-refractivity contribution >= 4 is 9.84 Å². The summed E-state index contributed by atoms with van der Waals surface area (Å²) in [7, 11) is -3.80. The Bertz CT molecular complexity index is 1140. The number of hydrogen-bond donors (Lipinski definition) is 1. The minimum Gasteiger partial charge on any atom is -0.369 e. The number of aromatic nitrogens is 1. The van der Waals surface area contributed by atoms with Gasteiger partial charge in [-0.1, -0.05) is 36.4 Å². The van der Waals surface area contributed by atoms with Crippen molar-refractivity contribution in [3.8, 4) is 11.3 Å². The third kappa shape index (κ3) is 4.02. The Kier molecular flexibility index (Phi) is 5.61. The standard InChI is InChI=1S/C20H13F6NO3S/c21-19(22,23)18(28,20(24,25)26)14-8-11-17(27-12-14)13-6-9-16(10-7-13)31(29,30)15-4-2-1-3-5-15/h1-12,28H. The summed E-state index contributed by atoms with van der Waals surface area (Å²) in [5.74, 6) is 0. The first kappa shape index (κ1) is 22.8. The maximum atomic E-state index is 13.0. The van der Waals surface area contributed by atoms with Crippen molar-refractivity contribution in [2.75, 3.05) is 0 Å². The van der Waals surface area contributed by atoms with Gasteiger partial charge in [0.1, 0.15) is 0 Å². The van der Waals surface area contributed by atoms with E-state index in [4.69, 9.17) is 0 Å². The van der Waals surface area contributed by atoms with E-state index in [2.05, 4.69) is 4.98 Å². The Hall–Kier alpha value is -2.92. The third-order valence-electron chi connectivity index (χ3n) is 4.52. The van der Waals surface area contributed by atoms with Crippen LogP contribution in [0.1, 0.15) is 5.56 Å². The highest BCUT2D eigenvalue weighted by atomic mass is 32.2. The molecule has 4 nitrogen and oxygen atoms in total. The first-order chi connectivity index (χ1) is 14.3. The number of nitrogens with zero attached hydrogens (tertiary/aromatic N) is 1. The lowest BCUT2D eigenvalue weighted by atomic mass is 9.93. The molecule has 11 heteroatoms. The Morgan fingerprint density at radius 1 is 0.710 bits per heavy atom. The van der Waals surface area contributed by atoms with E-state index in [1.165, 1.54) is 36.4 Å². The summed E-state index contributed by atoms with van der Waals surface area (Å²) in [6, 6.07) is 14.0. The molecule has 0 aliphatic carbocycles. The van der Waals surface area contributed by atoms with Gasteiger partial charge in [-0.25, -0.2) is 8.42 Å². The molecule has 0 amide bonds. The van der Waals surface area contributed by atoms with Crippen LogP contribution in [0.15, 0.2) is 82.7 Å². The van der Waals surface area contributed by atoms with Crippen LogP contribution in [-0.2, 0) is 15.4 Å². The van der Waals surface area contributed by atoms with Crippen molar-refractivity contribution in [3.63, 3.8) is 0 Å². The molecule has 0 aliphatic heterocycles. The maximum Gasteiger partial charge on any atom is 0.430 e. The smallest absolute Gasteiger partial charge is 0.369 e. The second kappa shape index (κ2) is 7.65. The molecular formula is C20H13F6NO3S. The van der Waals surface area contributed by atoms with Crippen LogP contribution in [0.4, 0.5) is 26.3 Å². The summed E-state index contributed by atoms with van der Waals surface area (Å²) in [5.41, 5.74) is -6.32. The molecule has 0 fully saturated rings. The zero-order valence-corrected chi connectivity index (χ0v) is 16.1. The number of benzene rings is 2.